The highest BCUT2D eigenvalue weighted by Crippen LogP contribution is 2.32. The standard InChI is InChI=1S/C13H15NO4/c1-18-13(17)14-8-2-3-11(14)9-4-6-10(7-5-9)12(15)16/h4-7,11H,2-3,8H2,1H3,(H,15,16). The van der Waals surface area contributed by atoms with Gasteiger partial charge in [-0.15, -0.1) is 0 Å². The summed E-state index contributed by atoms with van der Waals surface area (Å²) in [6.07, 6.45) is 1.47. The van der Waals surface area contributed by atoms with E-state index in [1.165, 1.54) is 7.11 Å². The van der Waals surface area contributed by atoms with Gasteiger partial charge >= 0.3 is 12.1 Å². The summed E-state index contributed by atoms with van der Waals surface area (Å²) in [5.41, 5.74) is 1.20. The van der Waals surface area contributed by atoms with E-state index in [2.05, 4.69) is 0 Å². The van der Waals surface area contributed by atoms with Crippen LogP contribution >= 0.6 is 0 Å². The molecular formula is C13H15NO4. The average Bonchev–Trinajstić information content (AvgIpc) is 2.87. The Bertz CT molecular complexity index is 455. The van der Waals surface area contributed by atoms with Crippen LogP contribution in [0, 0.1) is 0 Å². The maximum atomic E-state index is 11.6. The number of amides is 1. The zero-order valence-electron chi connectivity index (χ0n) is 10.1. The van der Waals surface area contributed by atoms with Crippen molar-refractivity contribution in [2.45, 2.75) is 18.9 Å². The van der Waals surface area contributed by atoms with Crippen LogP contribution in [0.15, 0.2) is 24.3 Å². The highest BCUT2D eigenvalue weighted by Gasteiger charge is 2.30. The number of carbonyl (C=O) groups is 2. The molecule has 0 aliphatic carbocycles. The number of aromatic carboxylic acids is 1. The number of carboxylic acids is 1. The molecule has 0 saturated carbocycles. The third kappa shape index (κ3) is 2.30. The molecule has 1 heterocycles. The second-order valence-corrected chi connectivity index (χ2v) is 4.25. The lowest BCUT2D eigenvalue weighted by Crippen LogP contribution is -2.30. The lowest BCUT2D eigenvalue weighted by Gasteiger charge is -2.23. The van der Waals surface area contributed by atoms with E-state index in [0.717, 1.165) is 18.4 Å². The van der Waals surface area contributed by atoms with Gasteiger partial charge in [0, 0.05) is 6.54 Å². The van der Waals surface area contributed by atoms with Crippen molar-refractivity contribution in [2.24, 2.45) is 0 Å². The van der Waals surface area contributed by atoms with E-state index in [9.17, 15) is 9.59 Å². The summed E-state index contributed by atoms with van der Waals surface area (Å²) < 4.78 is 4.74. The lowest BCUT2D eigenvalue weighted by molar-refractivity contribution is 0.0696. The van der Waals surface area contributed by atoms with Crippen LogP contribution in [0.1, 0.15) is 34.8 Å². The van der Waals surface area contributed by atoms with Gasteiger partial charge in [-0.1, -0.05) is 12.1 Å². The Balaban J connectivity index is 2.20. The number of hydrogen-bond acceptors (Lipinski definition) is 3. The molecule has 1 aliphatic heterocycles. The number of methoxy groups -OCH3 is 1. The van der Waals surface area contributed by atoms with Crippen LogP contribution in [0.5, 0.6) is 0 Å². The maximum Gasteiger partial charge on any atom is 0.409 e. The molecule has 1 atom stereocenters. The molecule has 1 amide bonds. The van der Waals surface area contributed by atoms with Crippen molar-refractivity contribution in [3.63, 3.8) is 0 Å². The van der Waals surface area contributed by atoms with E-state index >= 15 is 0 Å². The predicted molar refractivity (Wildman–Crippen MR) is 64.5 cm³/mol. The van der Waals surface area contributed by atoms with Crippen molar-refractivity contribution < 1.29 is 19.4 Å². The SMILES string of the molecule is COC(=O)N1CCCC1c1ccc(C(=O)O)cc1. The van der Waals surface area contributed by atoms with Gasteiger partial charge < -0.3 is 14.7 Å². The van der Waals surface area contributed by atoms with E-state index in [4.69, 9.17) is 9.84 Å². The number of ether oxygens (including phenoxy) is 1. The normalized spacial score (nSPS) is 18.7. The largest absolute Gasteiger partial charge is 0.478 e. The summed E-state index contributed by atoms with van der Waals surface area (Å²) in [6, 6.07) is 6.63. The number of likely N-dealkylation sites (tertiary alicyclic amines) is 1. The molecule has 0 spiro atoms. The quantitative estimate of drug-likeness (QED) is 0.873. The van der Waals surface area contributed by atoms with Crippen LogP contribution < -0.4 is 0 Å². The van der Waals surface area contributed by atoms with Crippen LogP contribution in [0.3, 0.4) is 0 Å². The van der Waals surface area contributed by atoms with Gasteiger partial charge in [0.25, 0.3) is 0 Å². The summed E-state index contributed by atoms with van der Waals surface area (Å²) >= 11 is 0. The maximum absolute atomic E-state index is 11.6. The first-order valence-electron chi connectivity index (χ1n) is 5.81. The monoisotopic (exact) mass is 249 g/mol. The third-order valence-electron chi connectivity index (χ3n) is 3.20. The number of rotatable bonds is 2. The van der Waals surface area contributed by atoms with Gasteiger partial charge in [0.2, 0.25) is 0 Å². The molecule has 96 valence electrons. The van der Waals surface area contributed by atoms with Gasteiger partial charge in [-0.25, -0.2) is 9.59 Å². The molecule has 0 radical (unpaired) electrons. The first kappa shape index (κ1) is 12.4. The fourth-order valence-electron chi connectivity index (χ4n) is 2.30. The van der Waals surface area contributed by atoms with Gasteiger partial charge in [-0.2, -0.15) is 0 Å². The molecule has 2 rings (SSSR count). The molecule has 0 bridgehead atoms. The van der Waals surface area contributed by atoms with Gasteiger partial charge in [-0.3, -0.25) is 0 Å². The second-order valence-electron chi connectivity index (χ2n) is 4.25. The Kier molecular flexibility index (Phi) is 3.50. The highest BCUT2D eigenvalue weighted by atomic mass is 16.5. The van der Waals surface area contributed by atoms with Crippen LogP contribution in [-0.2, 0) is 4.74 Å². The van der Waals surface area contributed by atoms with Crippen molar-refractivity contribution in [1.29, 1.82) is 0 Å². The van der Waals surface area contributed by atoms with Gasteiger partial charge in [0.1, 0.15) is 0 Å². The topological polar surface area (TPSA) is 66.8 Å². The summed E-state index contributed by atoms with van der Waals surface area (Å²) in [4.78, 5) is 24.0. The van der Waals surface area contributed by atoms with E-state index in [0.29, 0.717) is 6.54 Å². The predicted octanol–water partition coefficient (Wildman–Crippen LogP) is 2.29. The Morgan fingerprint density at radius 1 is 1.33 bits per heavy atom. The lowest BCUT2D eigenvalue weighted by atomic mass is 10.0. The van der Waals surface area contributed by atoms with Crippen molar-refractivity contribution in [3.05, 3.63) is 35.4 Å². The van der Waals surface area contributed by atoms with E-state index in [1.807, 2.05) is 0 Å². The summed E-state index contributed by atoms with van der Waals surface area (Å²) in [5, 5.41) is 8.83. The first-order valence-corrected chi connectivity index (χ1v) is 5.81. The number of carbonyl (C=O) groups excluding carboxylic acids is 1. The molecule has 5 heteroatoms. The summed E-state index contributed by atoms with van der Waals surface area (Å²) in [5.74, 6) is -0.946. The number of hydrogen-bond donors (Lipinski definition) is 1. The fraction of sp³-hybridized carbons (Fsp3) is 0.385. The smallest absolute Gasteiger partial charge is 0.409 e. The molecule has 1 aliphatic rings. The molecule has 1 aromatic rings. The molecule has 1 unspecified atom stereocenters. The van der Waals surface area contributed by atoms with Crippen LogP contribution in [-0.4, -0.2) is 35.7 Å². The minimum absolute atomic E-state index is 0.0136. The first-order chi connectivity index (χ1) is 8.63. The molecular weight excluding hydrogens is 234 g/mol. The van der Waals surface area contributed by atoms with Crippen LogP contribution in [0.4, 0.5) is 4.79 Å². The van der Waals surface area contributed by atoms with Crippen molar-refractivity contribution in [2.75, 3.05) is 13.7 Å². The Morgan fingerprint density at radius 2 is 2.00 bits per heavy atom. The number of carboxylic acid groups (broad SMARTS) is 1. The molecule has 1 N–H and O–H groups in total. The number of benzene rings is 1. The minimum atomic E-state index is -0.946. The Hall–Kier alpha value is -2.04. The van der Waals surface area contributed by atoms with E-state index < -0.39 is 5.97 Å². The molecule has 1 saturated heterocycles. The summed E-state index contributed by atoms with van der Waals surface area (Å²) in [7, 11) is 1.37. The molecule has 1 aromatic carbocycles. The summed E-state index contributed by atoms with van der Waals surface area (Å²) in [6.45, 7) is 0.679. The van der Waals surface area contributed by atoms with Gasteiger partial charge in [-0.05, 0) is 30.5 Å². The molecule has 0 aromatic heterocycles. The van der Waals surface area contributed by atoms with Crippen LogP contribution in [0.25, 0.3) is 0 Å². The third-order valence-corrected chi connectivity index (χ3v) is 3.20. The van der Waals surface area contributed by atoms with Crippen molar-refractivity contribution in [1.82, 2.24) is 4.90 Å². The zero-order chi connectivity index (χ0) is 13.1. The van der Waals surface area contributed by atoms with E-state index in [1.54, 1.807) is 29.2 Å². The van der Waals surface area contributed by atoms with Gasteiger partial charge in [0.05, 0.1) is 18.7 Å². The molecule has 18 heavy (non-hydrogen) atoms. The Labute approximate surface area is 105 Å². The van der Waals surface area contributed by atoms with Crippen molar-refractivity contribution in [3.8, 4) is 0 Å². The fourth-order valence-corrected chi connectivity index (χ4v) is 2.30. The van der Waals surface area contributed by atoms with Crippen LogP contribution in [0.2, 0.25) is 0 Å². The minimum Gasteiger partial charge on any atom is -0.478 e. The van der Waals surface area contributed by atoms with Gasteiger partial charge in [0.15, 0.2) is 0 Å². The Morgan fingerprint density at radius 3 is 2.56 bits per heavy atom. The zero-order valence-corrected chi connectivity index (χ0v) is 10.1. The average molecular weight is 249 g/mol. The second kappa shape index (κ2) is 5.08. The van der Waals surface area contributed by atoms with E-state index in [-0.39, 0.29) is 17.7 Å². The highest BCUT2D eigenvalue weighted by molar-refractivity contribution is 5.87. The van der Waals surface area contributed by atoms with Crippen molar-refractivity contribution >= 4 is 12.1 Å². The molecule has 1 fully saturated rings. The molecule has 5 nitrogen and oxygen atoms in total. The number of nitrogens with zero attached hydrogens (tertiary/aromatic N) is 1.